The molecule has 0 aromatic heterocycles. The number of aryl methyl sites for hydroxylation is 1. The Bertz CT molecular complexity index is 1360. The first-order valence-corrected chi connectivity index (χ1v) is 13.5. The second-order valence-electron chi connectivity index (χ2n) is 9.97. The first-order chi connectivity index (χ1) is 19.7. The number of halogens is 3. The number of methoxy groups -OCH3 is 1. The first kappa shape index (κ1) is 29.9. The minimum Gasteiger partial charge on any atom is -0.496 e. The molecule has 1 aliphatic heterocycles. The maximum absolute atomic E-state index is 13.4. The molecule has 0 aliphatic carbocycles. The van der Waals surface area contributed by atoms with E-state index in [-0.39, 0.29) is 11.5 Å². The molecule has 41 heavy (non-hydrogen) atoms. The van der Waals surface area contributed by atoms with E-state index in [1.54, 1.807) is 16.9 Å². The Morgan fingerprint density at radius 3 is 2.32 bits per heavy atom. The Morgan fingerprint density at radius 1 is 0.927 bits per heavy atom. The van der Waals surface area contributed by atoms with Gasteiger partial charge in [-0.3, -0.25) is 14.5 Å². The number of carbonyl (C=O) groups is 2. The second-order valence-corrected chi connectivity index (χ2v) is 9.97. The molecule has 1 aliphatic rings. The van der Waals surface area contributed by atoms with Crippen molar-refractivity contribution >= 4 is 17.9 Å². The van der Waals surface area contributed by atoms with E-state index < -0.39 is 17.6 Å². The number of hydrogen-bond donors (Lipinski definition) is 0. The molecule has 4 rings (SSSR count). The smallest absolute Gasteiger partial charge is 0.416 e. The fraction of sp³-hybridized carbons (Fsp3) is 0.312. The van der Waals surface area contributed by atoms with Gasteiger partial charge in [-0.2, -0.15) is 13.2 Å². The largest absolute Gasteiger partial charge is 0.496 e. The van der Waals surface area contributed by atoms with Gasteiger partial charge in [0.15, 0.2) is 0 Å². The van der Waals surface area contributed by atoms with Crippen molar-refractivity contribution in [2.24, 2.45) is 0 Å². The third-order valence-electron chi connectivity index (χ3n) is 7.13. The maximum atomic E-state index is 13.4. The molecule has 0 N–H and O–H groups in total. The topological polar surface area (TPSA) is 53.1 Å². The molecule has 1 heterocycles. The van der Waals surface area contributed by atoms with E-state index >= 15 is 0 Å². The van der Waals surface area contributed by atoms with Crippen molar-refractivity contribution in [3.8, 4) is 5.75 Å². The van der Waals surface area contributed by atoms with Crippen LogP contribution in [0.15, 0.2) is 78.9 Å². The third-order valence-corrected chi connectivity index (χ3v) is 7.13. The second kappa shape index (κ2) is 13.5. The molecule has 0 atom stereocenters. The number of carbonyl (C=O) groups excluding carboxylic acids is 2. The molecule has 3 aromatic carbocycles. The van der Waals surface area contributed by atoms with E-state index in [1.165, 1.54) is 12.1 Å². The van der Waals surface area contributed by atoms with Crippen LogP contribution < -0.4 is 4.74 Å². The lowest BCUT2D eigenvalue weighted by atomic mass is 10.1. The van der Waals surface area contributed by atoms with Crippen LogP contribution in [-0.4, -0.2) is 79.4 Å². The van der Waals surface area contributed by atoms with Crippen molar-refractivity contribution in [3.63, 3.8) is 0 Å². The highest BCUT2D eigenvalue weighted by atomic mass is 19.4. The van der Waals surface area contributed by atoms with Crippen molar-refractivity contribution in [2.75, 3.05) is 52.9 Å². The molecule has 0 spiro atoms. The van der Waals surface area contributed by atoms with Gasteiger partial charge in [0.05, 0.1) is 12.7 Å². The summed E-state index contributed by atoms with van der Waals surface area (Å²) < 4.78 is 44.7. The fourth-order valence-corrected chi connectivity index (χ4v) is 4.71. The summed E-state index contributed by atoms with van der Waals surface area (Å²) in [5.41, 5.74) is 1.80. The molecule has 9 heteroatoms. The summed E-state index contributed by atoms with van der Waals surface area (Å²) in [5.74, 6) is 0.263. The Labute approximate surface area is 238 Å². The molecule has 0 radical (unpaired) electrons. The van der Waals surface area contributed by atoms with Gasteiger partial charge in [-0.15, -0.1) is 0 Å². The van der Waals surface area contributed by atoms with Gasteiger partial charge >= 0.3 is 6.18 Å². The monoisotopic (exact) mass is 565 g/mol. The van der Waals surface area contributed by atoms with Gasteiger partial charge < -0.3 is 14.5 Å². The van der Waals surface area contributed by atoms with Crippen LogP contribution in [0.25, 0.3) is 6.08 Å². The summed E-state index contributed by atoms with van der Waals surface area (Å²) >= 11 is 0. The van der Waals surface area contributed by atoms with Crippen LogP contribution in [0.3, 0.4) is 0 Å². The molecule has 0 saturated carbocycles. The average molecular weight is 566 g/mol. The van der Waals surface area contributed by atoms with Gasteiger partial charge in [0.1, 0.15) is 5.75 Å². The average Bonchev–Trinajstić information content (AvgIpc) is 2.98. The van der Waals surface area contributed by atoms with Crippen LogP contribution in [0, 0.1) is 6.92 Å². The maximum Gasteiger partial charge on any atom is 0.416 e. The van der Waals surface area contributed by atoms with Crippen molar-refractivity contribution in [2.45, 2.75) is 13.1 Å². The van der Waals surface area contributed by atoms with Gasteiger partial charge in [0.25, 0.3) is 11.8 Å². The summed E-state index contributed by atoms with van der Waals surface area (Å²) in [5, 5.41) is 0. The molecule has 1 saturated heterocycles. The standard InChI is InChI=1S/C32H34F3N3O3/c1-24-12-14-26(15-13-24)30(39)37(16-6-9-25-7-3-4-11-29(25)41-2)20-17-36-18-21-38(22-19-36)31(40)27-8-5-10-28(23-27)32(33,34)35/h3-15,23H,16-22H2,1-2H3. The molecular weight excluding hydrogens is 531 g/mol. The Balaban J connectivity index is 1.37. The highest BCUT2D eigenvalue weighted by Crippen LogP contribution is 2.30. The van der Waals surface area contributed by atoms with E-state index in [1.807, 2.05) is 67.6 Å². The number of alkyl halides is 3. The number of nitrogens with zero attached hydrogens (tertiary/aromatic N) is 3. The molecule has 0 bridgehead atoms. The molecule has 3 aromatic rings. The zero-order chi connectivity index (χ0) is 29.4. The molecular formula is C32H34F3N3O3. The van der Waals surface area contributed by atoms with Crippen molar-refractivity contribution in [1.82, 2.24) is 14.7 Å². The van der Waals surface area contributed by atoms with E-state index in [9.17, 15) is 22.8 Å². The molecule has 0 unspecified atom stereocenters. The number of hydrogen-bond acceptors (Lipinski definition) is 4. The minimum absolute atomic E-state index is 0.0324. The Hall–Kier alpha value is -4.11. The SMILES string of the molecule is COc1ccccc1C=CCN(CCN1CCN(C(=O)c2cccc(C(F)(F)F)c2)CC1)C(=O)c1ccc(C)cc1. The fourth-order valence-electron chi connectivity index (χ4n) is 4.71. The van der Waals surface area contributed by atoms with Gasteiger partial charge in [0, 0.05) is 62.5 Å². The number of amides is 2. The molecule has 1 fully saturated rings. The van der Waals surface area contributed by atoms with E-state index in [2.05, 4.69) is 4.90 Å². The Morgan fingerprint density at radius 2 is 1.63 bits per heavy atom. The summed E-state index contributed by atoms with van der Waals surface area (Å²) in [7, 11) is 1.62. The normalized spacial score (nSPS) is 14.3. The lowest BCUT2D eigenvalue weighted by Gasteiger charge is -2.36. The van der Waals surface area contributed by atoms with Crippen molar-refractivity contribution < 1.29 is 27.5 Å². The zero-order valence-corrected chi connectivity index (χ0v) is 23.2. The summed E-state index contributed by atoms with van der Waals surface area (Å²) in [4.78, 5) is 31.8. The number of ether oxygens (including phenoxy) is 1. The predicted molar refractivity (Wildman–Crippen MR) is 153 cm³/mol. The number of piperazine rings is 1. The van der Waals surface area contributed by atoms with Gasteiger partial charge in [0.2, 0.25) is 0 Å². The van der Waals surface area contributed by atoms with Crippen LogP contribution in [0.2, 0.25) is 0 Å². The molecule has 6 nitrogen and oxygen atoms in total. The van der Waals surface area contributed by atoms with Gasteiger partial charge in [-0.1, -0.05) is 54.1 Å². The van der Waals surface area contributed by atoms with Crippen LogP contribution >= 0.6 is 0 Å². The number of para-hydroxylation sites is 1. The minimum atomic E-state index is -4.50. The summed E-state index contributed by atoms with van der Waals surface area (Å²) in [6.45, 7) is 5.38. The quantitative estimate of drug-likeness (QED) is 0.337. The van der Waals surface area contributed by atoms with E-state index in [0.717, 1.165) is 29.0 Å². The number of benzene rings is 3. The van der Waals surface area contributed by atoms with Crippen LogP contribution in [0.1, 0.15) is 37.4 Å². The van der Waals surface area contributed by atoms with E-state index in [0.29, 0.717) is 51.4 Å². The number of rotatable bonds is 9. The highest BCUT2D eigenvalue weighted by Gasteiger charge is 2.32. The summed E-state index contributed by atoms with van der Waals surface area (Å²) in [6.07, 6.45) is -0.624. The lowest BCUT2D eigenvalue weighted by Crippen LogP contribution is -2.50. The van der Waals surface area contributed by atoms with Crippen molar-refractivity contribution in [3.05, 3.63) is 107 Å². The zero-order valence-electron chi connectivity index (χ0n) is 23.2. The van der Waals surface area contributed by atoms with Gasteiger partial charge in [-0.25, -0.2) is 0 Å². The molecule has 2 amide bonds. The summed E-state index contributed by atoms with van der Waals surface area (Å²) in [6, 6.07) is 19.7. The third kappa shape index (κ3) is 7.98. The van der Waals surface area contributed by atoms with Gasteiger partial charge in [-0.05, 0) is 43.3 Å². The van der Waals surface area contributed by atoms with Crippen molar-refractivity contribution in [1.29, 1.82) is 0 Å². The van der Waals surface area contributed by atoms with Crippen LogP contribution in [0.4, 0.5) is 13.2 Å². The predicted octanol–water partition coefficient (Wildman–Crippen LogP) is 5.64. The Kier molecular flexibility index (Phi) is 9.83. The van der Waals surface area contributed by atoms with Crippen LogP contribution in [-0.2, 0) is 6.18 Å². The van der Waals surface area contributed by atoms with Crippen LogP contribution in [0.5, 0.6) is 5.75 Å². The first-order valence-electron chi connectivity index (χ1n) is 13.5. The molecule has 216 valence electrons. The lowest BCUT2D eigenvalue weighted by molar-refractivity contribution is -0.137. The highest BCUT2D eigenvalue weighted by molar-refractivity contribution is 5.95. The van der Waals surface area contributed by atoms with E-state index in [4.69, 9.17) is 4.74 Å².